The highest BCUT2D eigenvalue weighted by Gasteiger charge is 2.26. The number of halogens is 6. The average molecular weight is 417 g/mol. The highest BCUT2D eigenvalue weighted by atomic mass is 35.5. The number of fused-ring (bicyclic) bond motifs is 3. The van der Waals surface area contributed by atoms with Gasteiger partial charge in [0, 0.05) is 17.0 Å². The minimum Gasteiger partial charge on any atom is -0.487 e. The molecule has 0 atom stereocenters. The van der Waals surface area contributed by atoms with Crippen molar-refractivity contribution in [1.29, 1.82) is 0 Å². The van der Waals surface area contributed by atoms with E-state index in [1.807, 2.05) is 0 Å². The predicted molar refractivity (Wildman–Crippen MR) is 90.1 cm³/mol. The molecule has 0 unspecified atom stereocenters. The Labute approximate surface area is 159 Å². The number of rotatable bonds is 3. The smallest absolute Gasteiger partial charge is 0.339 e. The zero-order chi connectivity index (χ0) is 20.2. The molecule has 0 fully saturated rings. The minimum absolute atomic E-state index is 0.0410. The topological polar surface area (TPSA) is 39.4 Å². The summed E-state index contributed by atoms with van der Waals surface area (Å²) < 4.78 is 77.7. The van der Waals surface area contributed by atoms with E-state index >= 15 is 0 Å². The van der Waals surface area contributed by atoms with Gasteiger partial charge in [-0.25, -0.2) is 26.7 Å². The molecular weight excluding hydrogens is 407 g/mol. The Morgan fingerprint density at radius 1 is 0.929 bits per heavy atom. The Morgan fingerprint density at radius 3 is 2.21 bits per heavy atom. The zero-order valence-corrected chi connectivity index (χ0v) is 14.7. The molecule has 146 valence electrons. The quantitative estimate of drug-likeness (QED) is 0.255. The van der Waals surface area contributed by atoms with Crippen molar-refractivity contribution in [1.82, 2.24) is 0 Å². The highest BCUT2D eigenvalue weighted by molar-refractivity contribution is 6.32. The first kappa shape index (κ1) is 18.7. The van der Waals surface area contributed by atoms with E-state index in [4.69, 9.17) is 20.8 Å². The summed E-state index contributed by atoms with van der Waals surface area (Å²) in [6.07, 6.45) is 2.08. The third-order valence-corrected chi connectivity index (χ3v) is 4.99. The van der Waals surface area contributed by atoms with Crippen LogP contribution in [0, 0.1) is 29.1 Å². The normalized spacial score (nSPS) is 13.2. The Bertz CT molecular complexity index is 1160. The third-order valence-electron chi connectivity index (χ3n) is 4.70. The van der Waals surface area contributed by atoms with Crippen LogP contribution in [0.4, 0.5) is 22.0 Å². The summed E-state index contributed by atoms with van der Waals surface area (Å²) in [4.78, 5) is 12.0. The minimum atomic E-state index is -2.25. The first-order chi connectivity index (χ1) is 13.3. The Morgan fingerprint density at radius 2 is 1.54 bits per heavy atom. The lowest BCUT2D eigenvalue weighted by Crippen LogP contribution is -2.10. The van der Waals surface area contributed by atoms with Gasteiger partial charge in [0.05, 0.1) is 10.6 Å². The lowest BCUT2D eigenvalue weighted by molar-refractivity contribution is 0.279. The van der Waals surface area contributed by atoms with Gasteiger partial charge in [-0.2, -0.15) is 0 Å². The van der Waals surface area contributed by atoms with Crippen LogP contribution in [-0.2, 0) is 19.4 Å². The van der Waals surface area contributed by atoms with Crippen molar-refractivity contribution in [2.75, 3.05) is 0 Å². The molecule has 4 rings (SSSR count). The Kier molecular flexibility index (Phi) is 4.53. The Balaban J connectivity index is 1.73. The first-order valence-corrected chi connectivity index (χ1v) is 8.58. The van der Waals surface area contributed by atoms with E-state index in [2.05, 4.69) is 0 Å². The van der Waals surface area contributed by atoms with E-state index < -0.39 is 46.9 Å². The van der Waals surface area contributed by atoms with E-state index in [1.54, 1.807) is 0 Å². The van der Waals surface area contributed by atoms with E-state index in [1.165, 1.54) is 12.1 Å². The molecule has 1 heterocycles. The lowest BCUT2D eigenvalue weighted by atomic mass is 10.1. The third kappa shape index (κ3) is 2.83. The first-order valence-electron chi connectivity index (χ1n) is 8.20. The molecule has 0 spiro atoms. The molecule has 1 aliphatic rings. The average Bonchev–Trinajstić information content (AvgIpc) is 3.17. The maximum absolute atomic E-state index is 13.8. The van der Waals surface area contributed by atoms with Crippen LogP contribution >= 0.6 is 11.6 Å². The summed E-state index contributed by atoms with van der Waals surface area (Å²) in [7, 11) is 0. The fourth-order valence-corrected chi connectivity index (χ4v) is 3.54. The maximum Gasteiger partial charge on any atom is 0.339 e. The monoisotopic (exact) mass is 416 g/mol. The van der Waals surface area contributed by atoms with Crippen molar-refractivity contribution < 1.29 is 31.1 Å². The van der Waals surface area contributed by atoms with Crippen molar-refractivity contribution in [3.63, 3.8) is 0 Å². The van der Waals surface area contributed by atoms with E-state index in [0.29, 0.717) is 23.8 Å². The van der Waals surface area contributed by atoms with Gasteiger partial charge in [0.2, 0.25) is 5.82 Å². The second kappa shape index (κ2) is 6.77. The van der Waals surface area contributed by atoms with Gasteiger partial charge in [0.25, 0.3) is 0 Å². The van der Waals surface area contributed by atoms with Gasteiger partial charge in [-0.1, -0.05) is 11.6 Å². The standard InChI is InChI=1S/C19H10ClF5O3/c20-11-4-9-7-2-1-3-8(7)19(26)28-12(9)5-13(11)27-6-10-14(21)16(23)18(25)17(24)15(10)22/h4-5H,1-3,6H2. The summed E-state index contributed by atoms with van der Waals surface area (Å²) in [6, 6.07) is 2.74. The molecule has 0 bridgehead atoms. The summed E-state index contributed by atoms with van der Waals surface area (Å²) in [5, 5.41) is 0.653. The van der Waals surface area contributed by atoms with Crippen LogP contribution in [0.5, 0.6) is 5.75 Å². The SMILES string of the molecule is O=c1oc2cc(OCc3c(F)c(F)c(F)c(F)c3F)c(Cl)cc2c2c1CCC2. The van der Waals surface area contributed by atoms with Crippen molar-refractivity contribution in [2.45, 2.75) is 25.9 Å². The van der Waals surface area contributed by atoms with Crippen molar-refractivity contribution in [2.24, 2.45) is 0 Å². The molecule has 2 aromatic carbocycles. The van der Waals surface area contributed by atoms with Gasteiger partial charge < -0.3 is 9.15 Å². The summed E-state index contributed by atoms with van der Waals surface area (Å²) >= 11 is 6.14. The highest BCUT2D eigenvalue weighted by Crippen LogP contribution is 2.35. The van der Waals surface area contributed by atoms with Crippen molar-refractivity contribution >= 4 is 22.6 Å². The molecule has 0 saturated carbocycles. The van der Waals surface area contributed by atoms with Gasteiger partial charge in [0.1, 0.15) is 17.9 Å². The van der Waals surface area contributed by atoms with Crippen LogP contribution in [0.2, 0.25) is 5.02 Å². The van der Waals surface area contributed by atoms with Crippen LogP contribution in [0.25, 0.3) is 11.0 Å². The van der Waals surface area contributed by atoms with E-state index in [-0.39, 0.29) is 16.4 Å². The molecule has 0 aliphatic heterocycles. The predicted octanol–water partition coefficient (Wildman–Crippen LogP) is 5.21. The number of ether oxygens (including phenoxy) is 1. The number of hydrogen-bond acceptors (Lipinski definition) is 3. The van der Waals surface area contributed by atoms with Crippen LogP contribution in [0.1, 0.15) is 23.1 Å². The van der Waals surface area contributed by atoms with Crippen LogP contribution in [0.15, 0.2) is 21.3 Å². The molecular formula is C19H10ClF5O3. The van der Waals surface area contributed by atoms with Crippen molar-refractivity contribution in [3.05, 3.63) is 73.4 Å². The number of aryl methyl sites for hydroxylation is 1. The van der Waals surface area contributed by atoms with Crippen molar-refractivity contribution in [3.8, 4) is 5.75 Å². The van der Waals surface area contributed by atoms with Crippen LogP contribution in [0.3, 0.4) is 0 Å². The molecule has 0 amide bonds. The molecule has 1 aliphatic carbocycles. The number of benzene rings is 2. The fraction of sp³-hybridized carbons (Fsp3) is 0.211. The molecule has 28 heavy (non-hydrogen) atoms. The van der Waals surface area contributed by atoms with Gasteiger partial charge in [-0.15, -0.1) is 0 Å². The molecule has 0 radical (unpaired) electrons. The van der Waals surface area contributed by atoms with Gasteiger partial charge in [0.15, 0.2) is 23.3 Å². The summed E-state index contributed by atoms with van der Waals surface area (Å²) in [5.41, 5.74) is -0.0726. The molecule has 1 aromatic heterocycles. The van der Waals surface area contributed by atoms with Crippen LogP contribution < -0.4 is 10.4 Å². The zero-order valence-electron chi connectivity index (χ0n) is 14.0. The Hall–Kier alpha value is -2.61. The molecule has 0 N–H and O–H groups in total. The van der Waals surface area contributed by atoms with E-state index in [9.17, 15) is 26.7 Å². The molecule has 0 saturated heterocycles. The lowest BCUT2D eigenvalue weighted by Gasteiger charge is -2.12. The number of hydrogen-bond donors (Lipinski definition) is 0. The fourth-order valence-electron chi connectivity index (χ4n) is 3.32. The summed E-state index contributed by atoms with van der Waals surface area (Å²) in [6.45, 7) is -0.966. The van der Waals surface area contributed by atoms with Gasteiger partial charge >= 0.3 is 5.63 Å². The largest absolute Gasteiger partial charge is 0.487 e. The van der Waals surface area contributed by atoms with Crippen LogP contribution in [-0.4, -0.2) is 0 Å². The summed E-state index contributed by atoms with van der Waals surface area (Å²) in [5.74, 6) is -10.5. The van der Waals surface area contributed by atoms with Gasteiger partial charge in [-0.05, 0) is 30.9 Å². The second-order valence-electron chi connectivity index (χ2n) is 6.32. The molecule has 3 aromatic rings. The molecule has 9 heteroatoms. The molecule has 3 nitrogen and oxygen atoms in total. The maximum atomic E-state index is 13.8. The second-order valence-corrected chi connectivity index (χ2v) is 6.72. The van der Waals surface area contributed by atoms with E-state index in [0.717, 1.165) is 12.0 Å². The van der Waals surface area contributed by atoms with Gasteiger partial charge in [-0.3, -0.25) is 0 Å².